The van der Waals surface area contributed by atoms with Crippen LogP contribution < -0.4 is 15.0 Å². The number of ether oxygens (including phenoxy) is 1. The fourth-order valence-corrected chi connectivity index (χ4v) is 2.68. The molecule has 1 N–H and O–H groups in total. The van der Waals surface area contributed by atoms with Crippen molar-refractivity contribution in [3.63, 3.8) is 0 Å². The maximum Gasteiger partial charge on any atom is 0.331 e. The molecule has 0 aromatic heterocycles. The first kappa shape index (κ1) is 14.6. The van der Waals surface area contributed by atoms with Crippen LogP contribution in [-0.2, 0) is 9.59 Å². The summed E-state index contributed by atoms with van der Waals surface area (Å²) in [6.45, 7) is 0.140. The summed E-state index contributed by atoms with van der Waals surface area (Å²) in [6, 6.07) is 14.5. The van der Waals surface area contributed by atoms with Crippen LogP contribution in [0.5, 0.6) is 5.75 Å². The third-order valence-electron chi connectivity index (χ3n) is 3.19. The number of rotatable bonds is 3. The van der Waals surface area contributed by atoms with Gasteiger partial charge in [-0.1, -0.05) is 34.1 Å². The van der Waals surface area contributed by atoms with Crippen molar-refractivity contribution in [2.75, 3.05) is 23.3 Å². The van der Waals surface area contributed by atoms with Crippen LogP contribution in [0.15, 0.2) is 53.0 Å². The van der Waals surface area contributed by atoms with E-state index in [-0.39, 0.29) is 25.0 Å². The molecular formula is C16H13BrN2O3. The number of fused-ring (bicyclic) bond motifs is 1. The first-order chi connectivity index (χ1) is 10.6. The Labute approximate surface area is 136 Å². The molecule has 5 nitrogen and oxygen atoms in total. The van der Waals surface area contributed by atoms with Gasteiger partial charge in [-0.05, 0) is 30.3 Å². The van der Waals surface area contributed by atoms with Crippen molar-refractivity contribution in [1.29, 1.82) is 0 Å². The summed E-state index contributed by atoms with van der Waals surface area (Å²) in [5, 5.41) is 2.81. The Balaban J connectivity index is 1.73. The van der Waals surface area contributed by atoms with Crippen LogP contribution in [-0.4, -0.2) is 25.0 Å². The van der Waals surface area contributed by atoms with E-state index in [4.69, 9.17) is 4.74 Å². The number of amides is 1. The standard InChI is InChI=1S/C16H13BrN2O3/c17-11-4-3-5-12(8-11)18-15(20)9-19-10-16(21)22-14-7-2-1-6-13(14)19/h1-8H,9-10H2,(H,18,20). The zero-order valence-electron chi connectivity index (χ0n) is 11.6. The molecule has 2 aromatic carbocycles. The third-order valence-corrected chi connectivity index (χ3v) is 3.69. The molecule has 0 bridgehead atoms. The molecule has 0 atom stereocenters. The van der Waals surface area contributed by atoms with Gasteiger partial charge in [-0.25, -0.2) is 4.79 Å². The number of nitrogens with one attached hydrogen (secondary N) is 1. The molecule has 0 radical (unpaired) electrons. The second-order valence-corrected chi connectivity index (χ2v) is 5.77. The van der Waals surface area contributed by atoms with Crippen LogP contribution in [0.25, 0.3) is 0 Å². The zero-order valence-corrected chi connectivity index (χ0v) is 13.2. The average Bonchev–Trinajstić information content (AvgIpc) is 2.47. The summed E-state index contributed by atoms with van der Waals surface area (Å²) in [5.41, 5.74) is 1.44. The number of halogens is 1. The van der Waals surface area contributed by atoms with Gasteiger partial charge in [0.05, 0.1) is 12.2 Å². The van der Waals surface area contributed by atoms with Gasteiger partial charge in [0, 0.05) is 10.2 Å². The first-order valence-electron chi connectivity index (χ1n) is 6.72. The molecule has 22 heavy (non-hydrogen) atoms. The highest BCUT2D eigenvalue weighted by molar-refractivity contribution is 9.10. The predicted octanol–water partition coefficient (Wildman–Crippen LogP) is 2.81. The van der Waals surface area contributed by atoms with Gasteiger partial charge in [0.2, 0.25) is 5.91 Å². The lowest BCUT2D eigenvalue weighted by molar-refractivity contribution is -0.133. The van der Waals surface area contributed by atoms with Crippen LogP contribution in [0.3, 0.4) is 0 Å². The molecule has 0 fully saturated rings. The molecule has 1 amide bonds. The summed E-state index contributed by atoms with van der Waals surface area (Å²) < 4.78 is 6.05. The fraction of sp³-hybridized carbons (Fsp3) is 0.125. The van der Waals surface area contributed by atoms with Crippen molar-refractivity contribution in [2.45, 2.75) is 0 Å². The molecule has 2 aromatic rings. The van der Waals surface area contributed by atoms with Gasteiger partial charge in [-0.2, -0.15) is 0 Å². The number of anilines is 2. The topological polar surface area (TPSA) is 58.6 Å². The number of carbonyl (C=O) groups excluding carboxylic acids is 2. The predicted molar refractivity (Wildman–Crippen MR) is 87.1 cm³/mol. The van der Waals surface area contributed by atoms with E-state index in [1.807, 2.05) is 30.3 Å². The van der Waals surface area contributed by atoms with E-state index < -0.39 is 0 Å². The lowest BCUT2D eigenvalue weighted by Crippen LogP contribution is -2.41. The van der Waals surface area contributed by atoms with Crippen molar-refractivity contribution in [3.05, 3.63) is 53.0 Å². The second kappa shape index (κ2) is 6.19. The van der Waals surface area contributed by atoms with E-state index in [0.717, 1.165) is 10.2 Å². The van der Waals surface area contributed by atoms with E-state index >= 15 is 0 Å². The van der Waals surface area contributed by atoms with E-state index in [1.165, 1.54) is 0 Å². The molecule has 1 aliphatic rings. The first-order valence-corrected chi connectivity index (χ1v) is 7.51. The van der Waals surface area contributed by atoms with E-state index in [0.29, 0.717) is 11.4 Å². The molecule has 1 aliphatic heterocycles. The van der Waals surface area contributed by atoms with Crippen molar-refractivity contribution in [3.8, 4) is 5.75 Å². The fourth-order valence-electron chi connectivity index (χ4n) is 2.28. The van der Waals surface area contributed by atoms with Crippen molar-refractivity contribution in [2.24, 2.45) is 0 Å². The molecule has 112 valence electrons. The number of hydrogen-bond donors (Lipinski definition) is 1. The van der Waals surface area contributed by atoms with Crippen molar-refractivity contribution in [1.82, 2.24) is 0 Å². The Kier molecular flexibility index (Phi) is 4.11. The minimum absolute atomic E-state index is 0.0584. The molecule has 0 spiro atoms. The molecule has 6 heteroatoms. The number of esters is 1. The van der Waals surface area contributed by atoms with Crippen LogP contribution in [0.4, 0.5) is 11.4 Å². The maximum absolute atomic E-state index is 12.2. The van der Waals surface area contributed by atoms with E-state index in [1.54, 1.807) is 23.1 Å². The minimum atomic E-state index is -0.367. The summed E-state index contributed by atoms with van der Waals surface area (Å²) in [6.07, 6.45) is 0. The Morgan fingerprint density at radius 1 is 1.23 bits per heavy atom. The summed E-state index contributed by atoms with van der Waals surface area (Å²) in [4.78, 5) is 25.5. The number of nitrogens with zero attached hydrogens (tertiary/aromatic N) is 1. The molecular weight excluding hydrogens is 348 g/mol. The van der Waals surface area contributed by atoms with E-state index in [9.17, 15) is 9.59 Å². The SMILES string of the molecule is O=C(CN1CC(=O)Oc2ccccc21)Nc1cccc(Br)c1. The monoisotopic (exact) mass is 360 g/mol. The van der Waals surface area contributed by atoms with Gasteiger partial charge in [0.15, 0.2) is 5.75 Å². The quantitative estimate of drug-likeness (QED) is 0.675. The van der Waals surface area contributed by atoms with Crippen molar-refractivity contribution >= 4 is 39.2 Å². The van der Waals surface area contributed by atoms with Gasteiger partial charge in [0.25, 0.3) is 0 Å². The number of para-hydroxylation sites is 2. The number of carbonyl (C=O) groups is 2. The smallest absolute Gasteiger partial charge is 0.331 e. The van der Waals surface area contributed by atoms with Crippen LogP contribution in [0.1, 0.15) is 0 Å². The third kappa shape index (κ3) is 3.28. The number of hydrogen-bond acceptors (Lipinski definition) is 4. The second-order valence-electron chi connectivity index (χ2n) is 4.86. The molecule has 0 aliphatic carbocycles. The van der Waals surface area contributed by atoms with Crippen LogP contribution in [0.2, 0.25) is 0 Å². The summed E-state index contributed by atoms with van der Waals surface area (Å²) in [7, 11) is 0. The van der Waals surface area contributed by atoms with Crippen LogP contribution >= 0.6 is 15.9 Å². The Morgan fingerprint density at radius 3 is 2.86 bits per heavy atom. The van der Waals surface area contributed by atoms with E-state index in [2.05, 4.69) is 21.2 Å². The molecule has 0 saturated carbocycles. The van der Waals surface area contributed by atoms with Gasteiger partial charge in [-0.3, -0.25) is 4.79 Å². The Morgan fingerprint density at radius 2 is 2.05 bits per heavy atom. The molecule has 0 saturated heterocycles. The minimum Gasteiger partial charge on any atom is -0.423 e. The molecule has 3 rings (SSSR count). The average molecular weight is 361 g/mol. The Bertz CT molecular complexity index is 733. The number of benzene rings is 2. The van der Waals surface area contributed by atoms with Crippen molar-refractivity contribution < 1.29 is 14.3 Å². The van der Waals surface area contributed by atoms with Gasteiger partial charge in [0.1, 0.15) is 6.54 Å². The summed E-state index contributed by atoms with van der Waals surface area (Å²) >= 11 is 3.36. The molecule has 0 unspecified atom stereocenters. The van der Waals surface area contributed by atoms with Gasteiger partial charge in [-0.15, -0.1) is 0 Å². The highest BCUT2D eigenvalue weighted by Gasteiger charge is 2.25. The largest absolute Gasteiger partial charge is 0.423 e. The lowest BCUT2D eigenvalue weighted by Gasteiger charge is -2.29. The zero-order chi connectivity index (χ0) is 15.5. The Hall–Kier alpha value is -2.34. The summed E-state index contributed by atoms with van der Waals surface area (Å²) in [5.74, 6) is -0.0782. The normalized spacial score (nSPS) is 13.3. The van der Waals surface area contributed by atoms with Crippen LogP contribution in [0, 0.1) is 0 Å². The van der Waals surface area contributed by atoms with Gasteiger partial charge < -0.3 is 15.0 Å². The highest BCUT2D eigenvalue weighted by Crippen LogP contribution is 2.31. The molecule has 1 heterocycles. The maximum atomic E-state index is 12.2. The lowest BCUT2D eigenvalue weighted by atomic mass is 10.2. The van der Waals surface area contributed by atoms with Gasteiger partial charge >= 0.3 is 5.97 Å². The highest BCUT2D eigenvalue weighted by atomic mass is 79.9.